The third-order valence-electron chi connectivity index (χ3n) is 2.90. The van der Waals surface area contributed by atoms with E-state index in [1.54, 1.807) is 49.6 Å². The molecular weight excluding hydrogens is 304 g/mol. The molecule has 5 nitrogen and oxygen atoms in total. The molecule has 0 unspecified atom stereocenters. The van der Waals surface area contributed by atoms with Gasteiger partial charge in [-0.3, -0.25) is 4.79 Å². The molecule has 0 saturated carbocycles. The minimum atomic E-state index is -0.371. The summed E-state index contributed by atoms with van der Waals surface area (Å²) in [5, 5.41) is 4.55. The summed E-state index contributed by atoms with van der Waals surface area (Å²) in [6.45, 7) is 0. The van der Waals surface area contributed by atoms with E-state index in [1.165, 1.54) is 13.3 Å². The monoisotopic (exact) mass is 318 g/mol. The summed E-state index contributed by atoms with van der Waals surface area (Å²) in [5.41, 5.74) is 3.65. The van der Waals surface area contributed by atoms with Crippen LogP contribution in [0.2, 0.25) is 5.02 Å². The van der Waals surface area contributed by atoms with Crippen molar-refractivity contribution in [3.8, 4) is 11.5 Å². The molecule has 0 heterocycles. The number of rotatable bonds is 5. The molecule has 2 aromatic rings. The van der Waals surface area contributed by atoms with Crippen molar-refractivity contribution in [3.63, 3.8) is 0 Å². The summed E-state index contributed by atoms with van der Waals surface area (Å²) in [6, 6.07) is 12.0. The van der Waals surface area contributed by atoms with Crippen LogP contribution in [0.3, 0.4) is 0 Å². The van der Waals surface area contributed by atoms with Crippen LogP contribution in [0.15, 0.2) is 47.6 Å². The van der Waals surface area contributed by atoms with Crippen LogP contribution >= 0.6 is 11.6 Å². The summed E-state index contributed by atoms with van der Waals surface area (Å²) < 4.78 is 10.3. The first-order valence-electron chi connectivity index (χ1n) is 6.45. The van der Waals surface area contributed by atoms with Gasteiger partial charge in [-0.15, -0.1) is 0 Å². The Bertz CT molecular complexity index is 684. The van der Waals surface area contributed by atoms with Crippen molar-refractivity contribution in [2.45, 2.75) is 0 Å². The number of benzene rings is 2. The van der Waals surface area contributed by atoms with Crippen LogP contribution in [0.25, 0.3) is 0 Å². The van der Waals surface area contributed by atoms with E-state index in [2.05, 4.69) is 10.5 Å². The predicted octanol–water partition coefficient (Wildman–Crippen LogP) is 3.12. The Balaban J connectivity index is 2.07. The van der Waals surface area contributed by atoms with Gasteiger partial charge in [-0.1, -0.05) is 23.7 Å². The first kappa shape index (κ1) is 15.9. The van der Waals surface area contributed by atoms with Gasteiger partial charge < -0.3 is 9.47 Å². The first-order chi connectivity index (χ1) is 10.6. The Morgan fingerprint density at radius 1 is 1.14 bits per heavy atom. The van der Waals surface area contributed by atoms with E-state index in [0.717, 1.165) is 5.56 Å². The molecule has 2 rings (SSSR count). The lowest BCUT2D eigenvalue weighted by Crippen LogP contribution is -2.18. The van der Waals surface area contributed by atoms with E-state index in [0.29, 0.717) is 22.1 Å². The molecule has 0 atom stereocenters. The van der Waals surface area contributed by atoms with Gasteiger partial charge in [-0.05, 0) is 29.8 Å². The summed E-state index contributed by atoms with van der Waals surface area (Å²) in [5.74, 6) is 0.654. The second-order valence-corrected chi connectivity index (χ2v) is 4.75. The molecule has 0 saturated heterocycles. The van der Waals surface area contributed by atoms with Gasteiger partial charge in [0.2, 0.25) is 0 Å². The number of hydrogen-bond donors (Lipinski definition) is 1. The van der Waals surface area contributed by atoms with Crippen LogP contribution in [-0.2, 0) is 0 Å². The smallest absolute Gasteiger partial charge is 0.275 e. The number of nitrogens with zero attached hydrogens (tertiary/aromatic N) is 1. The lowest BCUT2D eigenvalue weighted by molar-refractivity contribution is 0.0952. The molecule has 0 spiro atoms. The van der Waals surface area contributed by atoms with Gasteiger partial charge in [0.1, 0.15) is 11.5 Å². The topological polar surface area (TPSA) is 59.9 Å². The molecule has 1 N–H and O–H groups in total. The van der Waals surface area contributed by atoms with Crippen LogP contribution in [0.1, 0.15) is 15.9 Å². The molecule has 0 aliphatic carbocycles. The summed E-state index contributed by atoms with van der Waals surface area (Å²) in [7, 11) is 3.04. The number of hydrazone groups is 1. The Hall–Kier alpha value is -2.53. The Morgan fingerprint density at radius 3 is 2.50 bits per heavy atom. The van der Waals surface area contributed by atoms with E-state index >= 15 is 0 Å². The van der Waals surface area contributed by atoms with E-state index in [-0.39, 0.29) is 5.91 Å². The van der Waals surface area contributed by atoms with E-state index in [4.69, 9.17) is 21.1 Å². The highest BCUT2D eigenvalue weighted by molar-refractivity contribution is 6.30. The number of nitrogens with one attached hydrogen (secondary N) is 1. The zero-order valence-corrected chi connectivity index (χ0v) is 12.9. The molecule has 0 aliphatic heterocycles. The number of methoxy groups -OCH3 is 2. The quantitative estimate of drug-likeness (QED) is 0.680. The van der Waals surface area contributed by atoms with Crippen LogP contribution < -0.4 is 14.9 Å². The highest BCUT2D eigenvalue weighted by atomic mass is 35.5. The van der Waals surface area contributed by atoms with Crippen molar-refractivity contribution < 1.29 is 14.3 Å². The predicted molar refractivity (Wildman–Crippen MR) is 86.1 cm³/mol. The van der Waals surface area contributed by atoms with Crippen LogP contribution in [0, 0.1) is 0 Å². The van der Waals surface area contributed by atoms with Crippen molar-refractivity contribution in [1.82, 2.24) is 5.43 Å². The van der Waals surface area contributed by atoms with Gasteiger partial charge in [0.25, 0.3) is 5.91 Å². The fourth-order valence-electron chi connectivity index (χ4n) is 1.76. The zero-order chi connectivity index (χ0) is 15.9. The van der Waals surface area contributed by atoms with Crippen LogP contribution in [-0.4, -0.2) is 26.3 Å². The maximum Gasteiger partial charge on any atom is 0.275 e. The SMILES string of the molecule is COc1ccc(C(=O)NN=Cc2ccc(Cl)cc2)c(OC)c1. The van der Waals surface area contributed by atoms with Gasteiger partial charge in [0, 0.05) is 11.1 Å². The lowest BCUT2D eigenvalue weighted by atomic mass is 10.2. The van der Waals surface area contributed by atoms with Crippen molar-refractivity contribution in [2.75, 3.05) is 14.2 Å². The molecule has 0 aromatic heterocycles. The molecule has 0 radical (unpaired) electrons. The molecular formula is C16H15ClN2O3. The summed E-state index contributed by atoms with van der Waals surface area (Å²) in [6.07, 6.45) is 1.53. The molecule has 0 aliphatic rings. The number of amides is 1. The second kappa shape index (κ2) is 7.47. The van der Waals surface area contributed by atoms with Gasteiger partial charge in [0.15, 0.2) is 0 Å². The van der Waals surface area contributed by atoms with E-state index in [1.807, 2.05) is 0 Å². The third-order valence-corrected chi connectivity index (χ3v) is 3.16. The maximum atomic E-state index is 12.1. The fraction of sp³-hybridized carbons (Fsp3) is 0.125. The third kappa shape index (κ3) is 3.99. The Labute approximate surface area is 133 Å². The molecule has 2 aromatic carbocycles. The largest absolute Gasteiger partial charge is 0.497 e. The van der Waals surface area contributed by atoms with Crippen molar-refractivity contribution in [3.05, 3.63) is 58.6 Å². The summed E-state index contributed by atoms with van der Waals surface area (Å²) in [4.78, 5) is 12.1. The van der Waals surface area contributed by atoms with Crippen LogP contribution in [0.5, 0.6) is 11.5 Å². The molecule has 114 valence electrons. The average molecular weight is 319 g/mol. The van der Waals surface area contributed by atoms with Crippen molar-refractivity contribution >= 4 is 23.7 Å². The van der Waals surface area contributed by atoms with Crippen molar-refractivity contribution in [1.29, 1.82) is 0 Å². The van der Waals surface area contributed by atoms with Gasteiger partial charge in [0.05, 0.1) is 26.0 Å². The van der Waals surface area contributed by atoms with Gasteiger partial charge in [-0.2, -0.15) is 5.10 Å². The zero-order valence-electron chi connectivity index (χ0n) is 12.2. The molecule has 22 heavy (non-hydrogen) atoms. The number of carbonyl (C=O) groups excluding carboxylic acids is 1. The Morgan fingerprint density at radius 2 is 1.86 bits per heavy atom. The highest BCUT2D eigenvalue weighted by Crippen LogP contribution is 2.24. The number of ether oxygens (including phenoxy) is 2. The normalized spacial score (nSPS) is 10.5. The first-order valence-corrected chi connectivity index (χ1v) is 6.83. The standard InChI is InChI=1S/C16H15ClN2O3/c1-21-13-7-8-14(15(9-13)22-2)16(20)19-18-10-11-3-5-12(17)6-4-11/h3-10H,1-2H3,(H,19,20). The average Bonchev–Trinajstić information content (AvgIpc) is 2.55. The minimum absolute atomic E-state index is 0.371. The van der Waals surface area contributed by atoms with Gasteiger partial charge >= 0.3 is 0 Å². The maximum absolute atomic E-state index is 12.1. The molecule has 0 fully saturated rings. The van der Waals surface area contributed by atoms with E-state index in [9.17, 15) is 4.79 Å². The second-order valence-electron chi connectivity index (χ2n) is 4.32. The molecule has 1 amide bonds. The van der Waals surface area contributed by atoms with Gasteiger partial charge in [-0.25, -0.2) is 5.43 Å². The number of halogens is 1. The Kier molecular flexibility index (Phi) is 5.38. The van der Waals surface area contributed by atoms with Crippen LogP contribution in [0.4, 0.5) is 0 Å². The fourth-order valence-corrected chi connectivity index (χ4v) is 1.89. The summed E-state index contributed by atoms with van der Waals surface area (Å²) >= 11 is 5.80. The lowest BCUT2D eigenvalue weighted by Gasteiger charge is -2.08. The molecule has 6 heteroatoms. The minimum Gasteiger partial charge on any atom is -0.497 e. The molecule has 0 bridgehead atoms. The number of carbonyl (C=O) groups is 1. The van der Waals surface area contributed by atoms with E-state index < -0.39 is 0 Å². The highest BCUT2D eigenvalue weighted by Gasteiger charge is 2.12. The number of hydrogen-bond acceptors (Lipinski definition) is 4. The van der Waals surface area contributed by atoms with Crippen molar-refractivity contribution in [2.24, 2.45) is 5.10 Å².